The highest BCUT2D eigenvalue weighted by Crippen LogP contribution is 2.30. The summed E-state index contributed by atoms with van der Waals surface area (Å²) in [6.07, 6.45) is 1.23. The number of nitrogens with one attached hydrogen (secondary N) is 1. The lowest BCUT2D eigenvalue weighted by molar-refractivity contribution is 0.0853. The molecule has 3 heterocycles. The van der Waals surface area contributed by atoms with Crippen LogP contribution in [0.15, 0.2) is 30.3 Å². The number of aliphatic hydroxyl groups is 1. The average molecular weight is 563 g/mol. The first kappa shape index (κ1) is 29.5. The number of hydrogen-bond donors (Lipinski definition) is 2. The van der Waals surface area contributed by atoms with Crippen LogP contribution in [-0.2, 0) is 14.8 Å². The van der Waals surface area contributed by atoms with Gasteiger partial charge in [-0.25, -0.2) is 18.4 Å². The lowest BCUT2D eigenvalue weighted by atomic mass is 10.1. The Bertz CT molecular complexity index is 1190. The van der Waals surface area contributed by atoms with E-state index in [1.807, 2.05) is 37.3 Å². The van der Waals surface area contributed by atoms with Gasteiger partial charge in [-0.05, 0) is 45.9 Å². The van der Waals surface area contributed by atoms with Crippen molar-refractivity contribution in [3.8, 4) is 17.1 Å². The lowest BCUT2D eigenvalue weighted by Gasteiger charge is -2.40. The van der Waals surface area contributed by atoms with Gasteiger partial charge in [0, 0.05) is 70.2 Å². The van der Waals surface area contributed by atoms with Gasteiger partial charge >= 0.3 is 0 Å². The maximum absolute atomic E-state index is 12.6. The smallest absolute Gasteiger partial charge is 0.214 e. The van der Waals surface area contributed by atoms with Crippen LogP contribution in [0.4, 0.5) is 11.6 Å². The Morgan fingerprint density at radius 2 is 2.00 bits per heavy atom. The normalized spacial score (nSPS) is 20.1. The molecular weight excluding hydrogens is 520 g/mol. The van der Waals surface area contributed by atoms with Gasteiger partial charge in [0.25, 0.3) is 0 Å². The standard InChI is InChI=1S/C27H42N6O5S/c1-5-39(35,36)33-12-11-32(18-20(33)2)26-16-25(31(4)22-9-13-37-14-10-22)29-27(30-26)21-7-6-8-24(15-21)38-19-23(34)17-28-3/h6-8,15-16,20,22-23,28,34H,5,9-14,17-19H2,1-4H3/t20-,23?/m0/s1. The fraction of sp³-hybridized carbons (Fsp3) is 0.630. The zero-order valence-electron chi connectivity index (χ0n) is 23.4. The maximum Gasteiger partial charge on any atom is 0.214 e. The van der Waals surface area contributed by atoms with E-state index in [9.17, 15) is 13.5 Å². The molecule has 2 aliphatic rings. The van der Waals surface area contributed by atoms with E-state index < -0.39 is 16.1 Å². The van der Waals surface area contributed by atoms with Crippen LogP contribution in [-0.4, -0.2) is 112 Å². The fourth-order valence-electron chi connectivity index (χ4n) is 5.09. The summed E-state index contributed by atoms with van der Waals surface area (Å²) in [4.78, 5) is 14.2. The highest BCUT2D eigenvalue weighted by atomic mass is 32.2. The van der Waals surface area contributed by atoms with E-state index in [0.29, 0.717) is 43.8 Å². The van der Waals surface area contributed by atoms with Crippen molar-refractivity contribution in [2.75, 3.05) is 75.6 Å². The summed E-state index contributed by atoms with van der Waals surface area (Å²) in [5, 5.41) is 13.0. The molecule has 1 aromatic carbocycles. The van der Waals surface area contributed by atoms with Gasteiger partial charge < -0.3 is 29.7 Å². The Hall–Kier alpha value is -2.51. The minimum absolute atomic E-state index is 0.0967. The summed E-state index contributed by atoms with van der Waals surface area (Å²) in [6, 6.07) is 9.72. The van der Waals surface area contributed by atoms with Crippen LogP contribution >= 0.6 is 0 Å². The molecule has 2 aliphatic heterocycles. The number of piperazine rings is 1. The van der Waals surface area contributed by atoms with Crippen molar-refractivity contribution in [2.45, 2.75) is 44.9 Å². The van der Waals surface area contributed by atoms with E-state index in [-0.39, 0.29) is 18.4 Å². The van der Waals surface area contributed by atoms with Gasteiger partial charge in [0.15, 0.2) is 5.82 Å². The molecule has 0 saturated carbocycles. The van der Waals surface area contributed by atoms with Crippen molar-refractivity contribution in [1.29, 1.82) is 0 Å². The molecule has 4 rings (SSSR count). The van der Waals surface area contributed by atoms with Crippen molar-refractivity contribution in [3.63, 3.8) is 0 Å². The van der Waals surface area contributed by atoms with Gasteiger partial charge in [0.05, 0.1) is 5.75 Å². The van der Waals surface area contributed by atoms with Gasteiger partial charge in [0.1, 0.15) is 30.1 Å². The van der Waals surface area contributed by atoms with Crippen LogP contribution < -0.4 is 19.9 Å². The van der Waals surface area contributed by atoms with Crippen LogP contribution in [0.5, 0.6) is 5.75 Å². The second-order valence-electron chi connectivity index (χ2n) is 10.2. The molecule has 1 unspecified atom stereocenters. The van der Waals surface area contributed by atoms with E-state index in [2.05, 4.69) is 22.2 Å². The molecule has 2 saturated heterocycles. The van der Waals surface area contributed by atoms with Gasteiger partial charge in [-0.15, -0.1) is 0 Å². The van der Waals surface area contributed by atoms with Crippen molar-refractivity contribution < 1.29 is 23.0 Å². The number of anilines is 2. The molecule has 2 aromatic rings. The number of benzene rings is 1. The number of hydrogen-bond acceptors (Lipinski definition) is 10. The van der Waals surface area contributed by atoms with E-state index in [4.69, 9.17) is 19.4 Å². The number of rotatable bonds is 11. The molecule has 0 aliphatic carbocycles. The lowest BCUT2D eigenvalue weighted by Crippen LogP contribution is -2.54. The van der Waals surface area contributed by atoms with Crippen LogP contribution in [0.1, 0.15) is 26.7 Å². The Labute approximate surface area is 232 Å². The number of likely N-dealkylation sites (N-methyl/N-ethyl adjacent to an activating group) is 1. The van der Waals surface area contributed by atoms with Crippen molar-refractivity contribution in [2.24, 2.45) is 0 Å². The highest BCUT2D eigenvalue weighted by Gasteiger charge is 2.32. The molecule has 2 fully saturated rings. The molecule has 2 N–H and O–H groups in total. The Kier molecular flexibility index (Phi) is 10.00. The third-order valence-electron chi connectivity index (χ3n) is 7.39. The first-order chi connectivity index (χ1) is 18.7. The maximum atomic E-state index is 12.6. The second kappa shape index (κ2) is 13.2. The Morgan fingerprint density at radius 3 is 2.69 bits per heavy atom. The number of sulfonamides is 1. The zero-order chi connectivity index (χ0) is 28.0. The Balaban J connectivity index is 1.64. The Morgan fingerprint density at radius 1 is 1.23 bits per heavy atom. The van der Waals surface area contributed by atoms with Gasteiger partial charge in [0.2, 0.25) is 10.0 Å². The molecule has 12 heteroatoms. The summed E-state index contributed by atoms with van der Waals surface area (Å²) in [5.74, 6) is 2.88. The minimum Gasteiger partial charge on any atom is -0.491 e. The summed E-state index contributed by atoms with van der Waals surface area (Å²) in [7, 11) is 0.577. The summed E-state index contributed by atoms with van der Waals surface area (Å²) in [5.41, 5.74) is 0.805. The van der Waals surface area contributed by atoms with E-state index in [0.717, 1.165) is 43.3 Å². The van der Waals surface area contributed by atoms with Gasteiger partial charge in [-0.2, -0.15) is 4.31 Å². The van der Waals surface area contributed by atoms with Gasteiger partial charge in [-0.1, -0.05) is 12.1 Å². The van der Waals surface area contributed by atoms with Crippen LogP contribution in [0.2, 0.25) is 0 Å². The number of aliphatic hydroxyl groups excluding tert-OH is 1. The van der Waals surface area contributed by atoms with E-state index in [1.54, 1.807) is 18.3 Å². The second-order valence-corrected chi connectivity index (χ2v) is 12.4. The molecular formula is C27H42N6O5S. The number of nitrogens with zero attached hydrogens (tertiary/aromatic N) is 5. The summed E-state index contributed by atoms with van der Waals surface area (Å²) in [6.45, 7) is 7.20. The van der Waals surface area contributed by atoms with Crippen molar-refractivity contribution in [1.82, 2.24) is 19.6 Å². The van der Waals surface area contributed by atoms with Crippen molar-refractivity contribution in [3.05, 3.63) is 30.3 Å². The van der Waals surface area contributed by atoms with Gasteiger partial charge in [-0.3, -0.25) is 0 Å². The summed E-state index contributed by atoms with van der Waals surface area (Å²) >= 11 is 0. The van der Waals surface area contributed by atoms with E-state index >= 15 is 0 Å². The molecule has 0 amide bonds. The number of aromatic nitrogens is 2. The average Bonchev–Trinajstić information content (AvgIpc) is 2.96. The molecule has 0 radical (unpaired) electrons. The largest absolute Gasteiger partial charge is 0.491 e. The molecule has 0 spiro atoms. The third-order valence-corrected chi connectivity index (χ3v) is 9.37. The van der Waals surface area contributed by atoms with Crippen LogP contribution in [0.25, 0.3) is 11.4 Å². The molecule has 11 nitrogen and oxygen atoms in total. The van der Waals surface area contributed by atoms with Crippen molar-refractivity contribution >= 4 is 21.7 Å². The van der Waals surface area contributed by atoms with Crippen LogP contribution in [0.3, 0.4) is 0 Å². The predicted octanol–water partition coefficient (Wildman–Crippen LogP) is 1.58. The van der Waals surface area contributed by atoms with E-state index in [1.165, 1.54) is 0 Å². The molecule has 39 heavy (non-hydrogen) atoms. The molecule has 1 aromatic heterocycles. The summed E-state index contributed by atoms with van der Waals surface area (Å²) < 4.78 is 38.1. The topological polar surface area (TPSA) is 120 Å². The SMILES string of the molecule is CCS(=O)(=O)N1CCN(c2cc(N(C)C3CCOCC3)nc(-c3cccc(OCC(O)CNC)c3)n2)C[C@@H]1C. The first-order valence-electron chi connectivity index (χ1n) is 13.7. The third kappa shape index (κ3) is 7.37. The monoisotopic (exact) mass is 562 g/mol. The predicted molar refractivity (Wildman–Crippen MR) is 153 cm³/mol. The number of ether oxygens (including phenoxy) is 2. The molecule has 216 valence electrons. The molecule has 0 bridgehead atoms. The van der Waals surface area contributed by atoms with Crippen LogP contribution in [0, 0.1) is 0 Å². The highest BCUT2D eigenvalue weighted by molar-refractivity contribution is 7.89. The fourth-order valence-corrected chi connectivity index (χ4v) is 6.40. The zero-order valence-corrected chi connectivity index (χ0v) is 24.2. The quantitative estimate of drug-likeness (QED) is 0.418. The first-order valence-corrected chi connectivity index (χ1v) is 15.3. The molecule has 2 atom stereocenters. The minimum atomic E-state index is -3.27.